The molecule has 0 aliphatic heterocycles. The molecule has 9 nitrogen and oxygen atoms in total. The van der Waals surface area contributed by atoms with Gasteiger partial charge in [-0.1, -0.05) is 19.7 Å². The van der Waals surface area contributed by atoms with Crippen LogP contribution in [0.25, 0.3) is 0 Å². The van der Waals surface area contributed by atoms with Crippen molar-refractivity contribution in [2.24, 2.45) is 0 Å². The molecule has 2 aliphatic carbocycles. The van der Waals surface area contributed by atoms with Crippen molar-refractivity contribution in [1.82, 2.24) is 0 Å². The van der Waals surface area contributed by atoms with Gasteiger partial charge in [-0.25, -0.2) is 14.4 Å². The summed E-state index contributed by atoms with van der Waals surface area (Å²) < 4.78 is 5.69. The molecule has 0 radical (unpaired) electrons. The van der Waals surface area contributed by atoms with Gasteiger partial charge in [0.2, 0.25) is 0 Å². The van der Waals surface area contributed by atoms with Gasteiger partial charge < -0.3 is 30.3 Å². The number of allylic oxidation sites excluding steroid dienone is 4. The van der Waals surface area contributed by atoms with Gasteiger partial charge in [0.15, 0.2) is 0 Å². The monoisotopic (exact) mass is 454 g/mol. The molecule has 0 heterocycles. The van der Waals surface area contributed by atoms with Gasteiger partial charge in [-0.05, 0) is 37.8 Å². The van der Waals surface area contributed by atoms with E-state index in [9.17, 15) is 14.4 Å². The lowest BCUT2D eigenvalue weighted by Gasteiger charge is -2.05. The van der Waals surface area contributed by atoms with E-state index in [1.54, 1.807) is 0 Å². The summed E-state index contributed by atoms with van der Waals surface area (Å²) >= 11 is 0. The molecule has 2 rings (SSSR count). The first kappa shape index (κ1) is 31.0. The maximum absolute atomic E-state index is 9.88. The number of aliphatic hydroxyl groups excluding tert-OH is 2. The highest BCUT2D eigenvalue weighted by Crippen LogP contribution is 2.26. The number of carbonyl (C=O) groups is 3. The third-order valence-electron chi connectivity index (χ3n) is 3.87. The van der Waals surface area contributed by atoms with Crippen molar-refractivity contribution < 1.29 is 44.7 Å². The predicted molar refractivity (Wildman–Crippen MR) is 120 cm³/mol. The smallest absolute Gasteiger partial charge is 0.331 e. The first-order valence-corrected chi connectivity index (χ1v) is 10.0. The van der Waals surface area contributed by atoms with Crippen molar-refractivity contribution in [3.05, 3.63) is 60.6 Å². The molecule has 0 spiro atoms. The first-order valence-electron chi connectivity index (χ1n) is 10.0. The summed E-state index contributed by atoms with van der Waals surface area (Å²) in [6.07, 6.45) is 12.9. The fourth-order valence-corrected chi connectivity index (χ4v) is 2.12. The van der Waals surface area contributed by atoms with E-state index < -0.39 is 17.9 Å². The zero-order valence-corrected chi connectivity index (χ0v) is 18.3. The van der Waals surface area contributed by atoms with Crippen molar-refractivity contribution >= 4 is 17.9 Å². The van der Waals surface area contributed by atoms with Gasteiger partial charge in [-0.2, -0.15) is 0 Å². The second kappa shape index (κ2) is 19.8. The Morgan fingerprint density at radius 2 is 1.19 bits per heavy atom. The minimum Gasteiger partial charge on any atom is -0.478 e. The quantitative estimate of drug-likeness (QED) is 0.329. The Morgan fingerprint density at radius 1 is 0.844 bits per heavy atom. The Balaban J connectivity index is 0. The van der Waals surface area contributed by atoms with Crippen LogP contribution in [0.3, 0.4) is 0 Å². The van der Waals surface area contributed by atoms with E-state index in [4.69, 9.17) is 30.3 Å². The second-order valence-corrected chi connectivity index (χ2v) is 6.53. The largest absolute Gasteiger partial charge is 0.478 e. The molecule has 0 saturated carbocycles. The summed E-state index contributed by atoms with van der Waals surface area (Å²) in [5.74, 6) is -0.653. The number of carboxylic acids is 3. The Kier molecular flexibility index (Phi) is 19.2. The Bertz CT molecular complexity index is 652. The second-order valence-electron chi connectivity index (χ2n) is 6.53. The van der Waals surface area contributed by atoms with Crippen molar-refractivity contribution in [1.29, 1.82) is 0 Å². The summed E-state index contributed by atoms with van der Waals surface area (Å²) in [5.41, 5.74) is 0.0972. The summed E-state index contributed by atoms with van der Waals surface area (Å²) in [6.45, 7) is 9.03. The molecule has 0 aromatic heterocycles. The van der Waals surface area contributed by atoms with Crippen LogP contribution in [0, 0.1) is 0 Å². The summed E-state index contributed by atoms with van der Waals surface area (Å²) in [4.78, 5) is 29.0. The molecule has 0 unspecified atom stereocenters. The number of hydrogen-bond acceptors (Lipinski definition) is 6. The van der Waals surface area contributed by atoms with Gasteiger partial charge in [0.1, 0.15) is 0 Å². The number of aliphatic carboxylic acids is 3. The highest BCUT2D eigenvalue weighted by Gasteiger charge is 2.10. The average molecular weight is 455 g/mol. The third kappa shape index (κ3) is 18.8. The van der Waals surface area contributed by atoms with Crippen LogP contribution in [-0.4, -0.2) is 56.7 Å². The van der Waals surface area contributed by atoms with Gasteiger partial charge in [0, 0.05) is 56.1 Å². The summed E-state index contributed by atoms with van der Waals surface area (Å²) in [5, 5.41) is 40.1. The molecule has 0 saturated heterocycles. The Labute approximate surface area is 188 Å². The summed E-state index contributed by atoms with van der Waals surface area (Å²) in [6, 6.07) is 0. The average Bonchev–Trinajstić information content (AvgIpc) is 3.44. The molecule has 2 aliphatic rings. The standard InChI is InChI=1S/C10H14O.2C5H8O3.C3H4O2/c1-2-6-9(5-1)11-10-7-3-4-8-10;2*1-4(2-3-6)5(7)8;1-2-3(4)5/h5,7H,1-4,6,8H2;2*6H,1-3H2,(H,7,8);2H,1H2,(H,4,5). The molecule has 32 heavy (non-hydrogen) atoms. The lowest BCUT2D eigenvalue weighted by molar-refractivity contribution is -0.133. The predicted octanol–water partition coefficient (Wildman–Crippen LogP) is 3.41. The molecule has 0 atom stereocenters. The van der Waals surface area contributed by atoms with Crippen molar-refractivity contribution in [3.63, 3.8) is 0 Å². The van der Waals surface area contributed by atoms with Crippen molar-refractivity contribution in [3.8, 4) is 0 Å². The maximum atomic E-state index is 9.88. The van der Waals surface area contributed by atoms with E-state index in [1.807, 2.05) is 0 Å². The van der Waals surface area contributed by atoms with Crippen LogP contribution in [0.15, 0.2) is 60.6 Å². The van der Waals surface area contributed by atoms with Crippen LogP contribution >= 0.6 is 0 Å². The molecule has 0 bridgehead atoms. The van der Waals surface area contributed by atoms with Crippen molar-refractivity contribution in [2.75, 3.05) is 13.2 Å². The molecule has 9 heteroatoms. The zero-order chi connectivity index (χ0) is 24.9. The summed E-state index contributed by atoms with van der Waals surface area (Å²) in [7, 11) is 0. The lowest BCUT2D eigenvalue weighted by atomic mass is 10.2. The maximum Gasteiger partial charge on any atom is 0.331 e. The van der Waals surface area contributed by atoms with Gasteiger partial charge >= 0.3 is 17.9 Å². The molecular formula is C23H34O9. The SMILES string of the molecule is C1=C(OC2=CCCC2)CCC1.C=C(CCO)C(=O)O.C=C(CCO)C(=O)O.C=CC(=O)O. The molecule has 0 aromatic rings. The minimum atomic E-state index is -1.04. The van der Waals surface area contributed by atoms with E-state index in [-0.39, 0.29) is 37.2 Å². The highest BCUT2D eigenvalue weighted by atomic mass is 16.5. The number of aliphatic hydroxyl groups is 2. The topological polar surface area (TPSA) is 162 Å². The van der Waals surface area contributed by atoms with Crippen LogP contribution in [-0.2, 0) is 19.1 Å². The zero-order valence-electron chi connectivity index (χ0n) is 18.3. The lowest BCUT2D eigenvalue weighted by Crippen LogP contribution is -2.00. The molecule has 0 aromatic carbocycles. The minimum absolute atomic E-state index is 0.0486. The fourth-order valence-electron chi connectivity index (χ4n) is 2.12. The van der Waals surface area contributed by atoms with Crippen LogP contribution in [0.1, 0.15) is 51.4 Å². The van der Waals surface area contributed by atoms with Gasteiger partial charge in [-0.3, -0.25) is 0 Å². The van der Waals surface area contributed by atoms with E-state index >= 15 is 0 Å². The van der Waals surface area contributed by atoms with Crippen molar-refractivity contribution in [2.45, 2.75) is 51.4 Å². The molecule has 5 N–H and O–H groups in total. The number of rotatable bonds is 9. The van der Waals surface area contributed by atoms with Crippen LogP contribution < -0.4 is 0 Å². The number of hydrogen-bond donors (Lipinski definition) is 5. The Morgan fingerprint density at radius 3 is 1.34 bits per heavy atom. The van der Waals surface area contributed by atoms with Crippen LogP contribution in [0.4, 0.5) is 0 Å². The van der Waals surface area contributed by atoms with Gasteiger partial charge in [0.25, 0.3) is 0 Å². The Hall–Kier alpha value is -3.17. The highest BCUT2D eigenvalue weighted by molar-refractivity contribution is 5.86. The van der Waals surface area contributed by atoms with Gasteiger partial charge in [-0.15, -0.1) is 0 Å². The van der Waals surface area contributed by atoms with E-state index in [2.05, 4.69) is 31.9 Å². The normalized spacial score (nSPS) is 13.3. The van der Waals surface area contributed by atoms with E-state index in [0.717, 1.165) is 18.9 Å². The van der Waals surface area contributed by atoms with Gasteiger partial charge in [0.05, 0.1) is 11.5 Å². The molecular weight excluding hydrogens is 420 g/mol. The van der Waals surface area contributed by atoms with Crippen LogP contribution in [0.2, 0.25) is 0 Å². The fraction of sp³-hybridized carbons (Fsp3) is 0.435. The number of ether oxygens (including phenoxy) is 1. The molecule has 180 valence electrons. The molecule has 0 fully saturated rings. The van der Waals surface area contributed by atoms with E-state index in [0.29, 0.717) is 0 Å². The first-order chi connectivity index (χ1) is 15.1. The third-order valence-corrected chi connectivity index (χ3v) is 3.87. The van der Waals surface area contributed by atoms with Crippen LogP contribution in [0.5, 0.6) is 0 Å². The number of carboxylic acid groups (broad SMARTS) is 3. The van der Waals surface area contributed by atoms with E-state index in [1.165, 1.54) is 37.2 Å². The molecule has 0 amide bonds.